The first-order chi connectivity index (χ1) is 9.30. The third-order valence-corrected chi connectivity index (χ3v) is 3.81. The van der Waals surface area contributed by atoms with Gasteiger partial charge in [-0.15, -0.1) is 0 Å². The molecule has 1 unspecified atom stereocenters. The predicted octanol–water partition coefficient (Wildman–Crippen LogP) is 3.78. The fourth-order valence-electron chi connectivity index (χ4n) is 2.49. The van der Waals surface area contributed by atoms with Crippen LogP contribution >= 0.6 is 0 Å². The van der Waals surface area contributed by atoms with E-state index in [2.05, 4.69) is 37.5 Å². The smallest absolute Gasteiger partial charge is 0.0522 e. The minimum atomic E-state index is 0.598. The van der Waals surface area contributed by atoms with E-state index in [1.54, 1.807) is 0 Å². The van der Waals surface area contributed by atoms with E-state index in [9.17, 15) is 0 Å². The molecule has 0 aliphatic heterocycles. The SMILES string of the molecule is CCCCCCCCC(Cc1cnn(CC)c1)NC. The van der Waals surface area contributed by atoms with Crippen LogP contribution in [0.3, 0.4) is 0 Å². The zero-order chi connectivity index (χ0) is 13.9. The Morgan fingerprint density at radius 2 is 1.89 bits per heavy atom. The average molecular weight is 265 g/mol. The molecular weight excluding hydrogens is 234 g/mol. The van der Waals surface area contributed by atoms with E-state index in [1.165, 1.54) is 50.5 Å². The average Bonchev–Trinajstić information content (AvgIpc) is 2.89. The Hall–Kier alpha value is -0.830. The summed E-state index contributed by atoms with van der Waals surface area (Å²) >= 11 is 0. The number of unbranched alkanes of at least 4 members (excludes halogenated alkanes) is 5. The van der Waals surface area contributed by atoms with Crippen molar-refractivity contribution in [2.75, 3.05) is 7.05 Å². The summed E-state index contributed by atoms with van der Waals surface area (Å²) in [5.74, 6) is 0. The quantitative estimate of drug-likeness (QED) is 0.617. The van der Waals surface area contributed by atoms with Crippen LogP contribution in [0.5, 0.6) is 0 Å². The van der Waals surface area contributed by atoms with Crippen LogP contribution in [0.25, 0.3) is 0 Å². The summed E-state index contributed by atoms with van der Waals surface area (Å²) in [5, 5.41) is 7.78. The largest absolute Gasteiger partial charge is 0.317 e. The lowest BCUT2D eigenvalue weighted by molar-refractivity contribution is 0.479. The van der Waals surface area contributed by atoms with Crippen molar-refractivity contribution in [2.45, 2.75) is 77.8 Å². The number of hydrogen-bond donors (Lipinski definition) is 1. The number of hydrogen-bond acceptors (Lipinski definition) is 2. The van der Waals surface area contributed by atoms with Gasteiger partial charge in [-0.2, -0.15) is 5.10 Å². The molecule has 0 amide bonds. The molecule has 1 atom stereocenters. The van der Waals surface area contributed by atoms with Gasteiger partial charge >= 0.3 is 0 Å². The van der Waals surface area contributed by atoms with Crippen LogP contribution in [0.4, 0.5) is 0 Å². The maximum absolute atomic E-state index is 4.34. The highest BCUT2D eigenvalue weighted by Crippen LogP contribution is 2.11. The van der Waals surface area contributed by atoms with Crippen molar-refractivity contribution < 1.29 is 0 Å². The molecule has 110 valence electrons. The number of rotatable bonds is 11. The number of nitrogens with one attached hydrogen (secondary N) is 1. The number of aryl methyl sites for hydroxylation is 1. The molecule has 0 spiro atoms. The van der Waals surface area contributed by atoms with E-state index < -0.39 is 0 Å². The minimum Gasteiger partial charge on any atom is -0.317 e. The second-order valence-electron chi connectivity index (χ2n) is 5.45. The normalized spacial score (nSPS) is 12.8. The molecule has 0 aliphatic rings. The second-order valence-corrected chi connectivity index (χ2v) is 5.45. The van der Waals surface area contributed by atoms with Crippen LogP contribution in [-0.4, -0.2) is 22.9 Å². The van der Waals surface area contributed by atoms with Crippen LogP contribution in [0.2, 0.25) is 0 Å². The highest BCUT2D eigenvalue weighted by atomic mass is 15.3. The third kappa shape index (κ3) is 6.76. The molecule has 1 aromatic heterocycles. The van der Waals surface area contributed by atoms with E-state index in [0.717, 1.165) is 13.0 Å². The molecule has 1 aromatic rings. The summed E-state index contributed by atoms with van der Waals surface area (Å²) in [7, 11) is 2.08. The minimum absolute atomic E-state index is 0.598. The monoisotopic (exact) mass is 265 g/mol. The molecule has 0 aromatic carbocycles. The maximum atomic E-state index is 4.34. The zero-order valence-electron chi connectivity index (χ0n) is 13.0. The highest BCUT2D eigenvalue weighted by molar-refractivity contribution is 5.06. The molecule has 3 heteroatoms. The van der Waals surface area contributed by atoms with Crippen LogP contribution in [0, 0.1) is 0 Å². The van der Waals surface area contributed by atoms with Crippen LogP contribution in [0.1, 0.15) is 64.4 Å². The first kappa shape index (κ1) is 16.2. The molecule has 1 rings (SSSR count). The highest BCUT2D eigenvalue weighted by Gasteiger charge is 2.08. The molecule has 0 aliphatic carbocycles. The van der Waals surface area contributed by atoms with Gasteiger partial charge in [0.2, 0.25) is 0 Å². The molecule has 0 bridgehead atoms. The summed E-state index contributed by atoms with van der Waals surface area (Å²) in [6.45, 7) is 5.36. The van der Waals surface area contributed by atoms with Gasteiger partial charge in [0.15, 0.2) is 0 Å². The van der Waals surface area contributed by atoms with Crippen molar-refractivity contribution in [2.24, 2.45) is 0 Å². The van der Waals surface area contributed by atoms with Gasteiger partial charge in [-0.3, -0.25) is 4.68 Å². The third-order valence-electron chi connectivity index (χ3n) is 3.81. The van der Waals surface area contributed by atoms with Crippen LogP contribution in [0.15, 0.2) is 12.4 Å². The van der Waals surface area contributed by atoms with Gasteiger partial charge < -0.3 is 5.32 Å². The van der Waals surface area contributed by atoms with Gasteiger partial charge in [0.25, 0.3) is 0 Å². The summed E-state index contributed by atoms with van der Waals surface area (Å²) < 4.78 is 2.01. The lowest BCUT2D eigenvalue weighted by Gasteiger charge is -2.15. The maximum Gasteiger partial charge on any atom is 0.0522 e. The van der Waals surface area contributed by atoms with Gasteiger partial charge in [-0.1, -0.05) is 45.4 Å². The Morgan fingerprint density at radius 3 is 2.53 bits per heavy atom. The van der Waals surface area contributed by atoms with Gasteiger partial charge in [0.05, 0.1) is 6.20 Å². The van der Waals surface area contributed by atoms with E-state index in [-0.39, 0.29) is 0 Å². The van der Waals surface area contributed by atoms with Crippen molar-refractivity contribution in [3.63, 3.8) is 0 Å². The number of nitrogens with zero attached hydrogens (tertiary/aromatic N) is 2. The molecule has 1 heterocycles. The fraction of sp³-hybridized carbons (Fsp3) is 0.812. The first-order valence-corrected chi connectivity index (χ1v) is 7.98. The molecule has 0 saturated carbocycles. The number of likely N-dealkylation sites (N-methyl/N-ethyl adjacent to an activating group) is 1. The topological polar surface area (TPSA) is 29.9 Å². The second kappa shape index (κ2) is 10.0. The van der Waals surface area contributed by atoms with Gasteiger partial charge in [0.1, 0.15) is 0 Å². The number of aromatic nitrogens is 2. The van der Waals surface area contributed by atoms with Crippen molar-refractivity contribution >= 4 is 0 Å². The summed E-state index contributed by atoms with van der Waals surface area (Å²) in [6, 6.07) is 0.598. The van der Waals surface area contributed by atoms with E-state index in [4.69, 9.17) is 0 Å². The molecule has 1 N–H and O–H groups in total. The lowest BCUT2D eigenvalue weighted by atomic mass is 10.0. The Labute approximate surface area is 118 Å². The van der Waals surface area contributed by atoms with Gasteiger partial charge in [0, 0.05) is 18.8 Å². The van der Waals surface area contributed by atoms with E-state index in [0.29, 0.717) is 6.04 Å². The Morgan fingerprint density at radius 1 is 1.16 bits per heavy atom. The van der Waals surface area contributed by atoms with Crippen molar-refractivity contribution in [3.8, 4) is 0 Å². The summed E-state index contributed by atoms with van der Waals surface area (Å²) in [5.41, 5.74) is 1.35. The standard InChI is InChI=1S/C16H31N3/c1-4-6-7-8-9-10-11-16(17-3)12-15-13-18-19(5-2)14-15/h13-14,16-17H,4-12H2,1-3H3. The van der Waals surface area contributed by atoms with E-state index in [1.807, 2.05) is 10.9 Å². The predicted molar refractivity (Wildman–Crippen MR) is 82.4 cm³/mol. The lowest BCUT2D eigenvalue weighted by Crippen LogP contribution is -2.27. The van der Waals surface area contributed by atoms with Crippen LogP contribution in [-0.2, 0) is 13.0 Å². The van der Waals surface area contributed by atoms with Crippen molar-refractivity contribution in [3.05, 3.63) is 18.0 Å². The Kier molecular flexibility index (Phi) is 8.55. The molecule has 0 saturated heterocycles. The first-order valence-electron chi connectivity index (χ1n) is 7.98. The molecule has 0 radical (unpaired) electrons. The summed E-state index contributed by atoms with van der Waals surface area (Å²) in [4.78, 5) is 0. The van der Waals surface area contributed by atoms with Crippen LogP contribution < -0.4 is 5.32 Å². The fourth-order valence-corrected chi connectivity index (χ4v) is 2.49. The summed E-state index contributed by atoms with van der Waals surface area (Å²) in [6.07, 6.45) is 14.8. The molecule has 19 heavy (non-hydrogen) atoms. The van der Waals surface area contributed by atoms with Gasteiger partial charge in [-0.25, -0.2) is 0 Å². The van der Waals surface area contributed by atoms with Gasteiger partial charge in [-0.05, 0) is 32.4 Å². The van der Waals surface area contributed by atoms with E-state index >= 15 is 0 Å². The van der Waals surface area contributed by atoms with Crippen molar-refractivity contribution in [1.29, 1.82) is 0 Å². The Balaban J connectivity index is 2.18. The van der Waals surface area contributed by atoms with Crippen molar-refractivity contribution in [1.82, 2.24) is 15.1 Å². The zero-order valence-corrected chi connectivity index (χ0v) is 13.0. The Bertz CT molecular complexity index is 320. The molecule has 0 fully saturated rings. The molecule has 3 nitrogen and oxygen atoms in total. The molecular formula is C16H31N3.